The maximum absolute atomic E-state index is 14.9. The standard InChI is InChI=1S/C37H40Cl3N3O7S/c1-37(2,3)41-36(45)31(19-24-11-8-7-9-12-24)42(22-27-28(39)13-10-14-29(27)40)35(44)23-43(30-20-25(38)15-17-32(30)48-4)51(46,47)26-16-18-33(49-5)34(21-26)50-6/h7-18,20-21,31H,19,22-23H2,1-6H3,(H,41,45)/t31-/m0/s1. The summed E-state index contributed by atoms with van der Waals surface area (Å²) in [7, 11) is -0.381. The van der Waals surface area contributed by atoms with Crippen molar-refractivity contribution in [2.24, 2.45) is 0 Å². The molecule has 4 aromatic rings. The fourth-order valence-corrected chi connectivity index (χ4v) is 7.45. The third kappa shape index (κ3) is 9.79. The summed E-state index contributed by atoms with van der Waals surface area (Å²) in [4.78, 5) is 30.1. The quantitative estimate of drug-likeness (QED) is 0.142. The molecule has 0 saturated heterocycles. The van der Waals surface area contributed by atoms with E-state index in [-0.39, 0.29) is 50.1 Å². The maximum Gasteiger partial charge on any atom is 0.265 e. The van der Waals surface area contributed by atoms with Crippen LogP contribution in [-0.4, -0.2) is 64.6 Å². The lowest BCUT2D eigenvalue weighted by atomic mass is 10.0. The highest BCUT2D eigenvalue weighted by Gasteiger charge is 2.37. The first-order chi connectivity index (χ1) is 24.1. The highest BCUT2D eigenvalue weighted by atomic mass is 35.5. The van der Waals surface area contributed by atoms with Crippen molar-refractivity contribution < 1.29 is 32.2 Å². The number of carbonyl (C=O) groups is 2. The van der Waals surface area contributed by atoms with E-state index >= 15 is 0 Å². The summed E-state index contributed by atoms with van der Waals surface area (Å²) in [6, 6.07) is 21.4. The Hall–Kier alpha value is -4.16. The van der Waals surface area contributed by atoms with Crippen LogP contribution in [0.4, 0.5) is 5.69 Å². The second-order valence-electron chi connectivity index (χ2n) is 12.5. The summed E-state index contributed by atoms with van der Waals surface area (Å²) < 4.78 is 46.4. The Balaban J connectivity index is 1.93. The van der Waals surface area contributed by atoms with Gasteiger partial charge in [0.05, 0.1) is 31.9 Å². The number of nitrogens with one attached hydrogen (secondary N) is 1. The van der Waals surface area contributed by atoms with Gasteiger partial charge >= 0.3 is 0 Å². The molecule has 0 bridgehead atoms. The zero-order valence-electron chi connectivity index (χ0n) is 29.1. The molecule has 0 aromatic heterocycles. The molecule has 0 unspecified atom stereocenters. The molecule has 1 N–H and O–H groups in total. The lowest BCUT2D eigenvalue weighted by Gasteiger charge is -2.35. The molecule has 272 valence electrons. The van der Waals surface area contributed by atoms with Gasteiger partial charge in [-0.1, -0.05) is 71.2 Å². The molecule has 1 atom stereocenters. The first-order valence-corrected chi connectivity index (χ1v) is 18.3. The fraction of sp³-hybridized carbons (Fsp3) is 0.297. The minimum absolute atomic E-state index is 0.0115. The predicted molar refractivity (Wildman–Crippen MR) is 201 cm³/mol. The molecule has 0 aliphatic heterocycles. The fourth-order valence-electron chi connectivity index (χ4n) is 5.34. The van der Waals surface area contributed by atoms with Gasteiger partial charge in [-0.05, 0) is 68.8 Å². The molecule has 51 heavy (non-hydrogen) atoms. The highest BCUT2D eigenvalue weighted by Crippen LogP contribution is 2.37. The van der Waals surface area contributed by atoms with E-state index in [0.717, 1.165) is 9.87 Å². The largest absolute Gasteiger partial charge is 0.495 e. The second kappa shape index (κ2) is 16.9. The maximum atomic E-state index is 14.9. The molecule has 4 rings (SSSR count). The van der Waals surface area contributed by atoms with Crippen LogP contribution in [0.3, 0.4) is 0 Å². The summed E-state index contributed by atoms with van der Waals surface area (Å²) in [5.41, 5.74) is 0.466. The van der Waals surface area contributed by atoms with Crippen LogP contribution < -0.4 is 23.8 Å². The van der Waals surface area contributed by atoms with Crippen LogP contribution in [0.1, 0.15) is 31.9 Å². The topological polar surface area (TPSA) is 114 Å². The average Bonchev–Trinajstić information content (AvgIpc) is 3.08. The van der Waals surface area contributed by atoms with E-state index in [9.17, 15) is 18.0 Å². The number of anilines is 1. The van der Waals surface area contributed by atoms with Crippen molar-refractivity contribution in [1.82, 2.24) is 10.2 Å². The Morgan fingerprint density at radius 3 is 1.98 bits per heavy atom. The molecule has 2 amide bonds. The molecule has 0 spiro atoms. The molecule has 10 nitrogen and oxygen atoms in total. The van der Waals surface area contributed by atoms with E-state index in [4.69, 9.17) is 49.0 Å². The van der Waals surface area contributed by atoms with E-state index in [0.29, 0.717) is 11.3 Å². The number of hydrogen-bond donors (Lipinski definition) is 1. The van der Waals surface area contributed by atoms with Crippen molar-refractivity contribution in [2.75, 3.05) is 32.2 Å². The Morgan fingerprint density at radius 2 is 1.39 bits per heavy atom. The molecule has 0 aliphatic rings. The zero-order chi connectivity index (χ0) is 37.5. The average molecular weight is 777 g/mol. The number of hydrogen-bond acceptors (Lipinski definition) is 7. The van der Waals surface area contributed by atoms with Crippen molar-refractivity contribution in [3.05, 3.63) is 111 Å². The molecule has 0 saturated carbocycles. The zero-order valence-corrected chi connectivity index (χ0v) is 32.2. The van der Waals surface area contributed by atoms with Crippen molar-refractivity contribution in [3.63, 3.8) is 0 Å². The first kappa shape index (κ1) is 39.6. The summed E-state index contributed by atoms with van der Waals surface area (Å²) >= 11 is 19.6. The number of halogens is 3. The molecule has 0 heterocycles. The minimum atomic E-state index is -4.55. The van der Waals surface area contributed by atoms with Crippen molar-refractivity contribution in [2.45, 2.75) is 50.2 Å². The van der Waals surface area contributed by atoms with Crippen LogP contribution in [0.25, 0.3) is 0 Å². The van der Waals surface area contributed by atoms with Crippen molar-refractivity contribution >= 4 is 62.3 Å². The van der Waals surface area contributed by atoms with E-state index < -0.39 is 40.0 Å². The van der Waals surface area contributed by atoms with Crippen LogP contribution in [-0.2, 0) is 32.6 Å². The monoisotopic (exact) mass is 775 g/mol. The molecule has 0 radical (unpaired) electrons. The van der Waals surface area contributed by atoms with Gasteiger partial charge in [0.1, 0.15) is 18.3 Å². The Bertz CT molecular complexity index is 1950. The number of carbonyl (C=O) groups excluding carboxylic acids is 2. The summed E-state index contributed by atoms with van der Waals surface area (Å²) in [5, 5.41) is 3.71. The third-order valence-electron chi connectivity index (χ3n) is 7.79. The van der Waals surface area contributed by atoms with Crippen molar-refractivity contribution in [1.29, 1.82) is 0 Å². The number of rotatable bonds is 14. The Labute approximate surface area is 314 Å². The molecule has 14 heteroatoms. The summed E-state index contributed by atoms with van der Waals surface area (Å²) in [5.74, 6) is -0.613. The van der Waals surface area contributed by atoms with E-state index in [2.05, 4.69) is 5.32 Å². The smallest absolute Gasteiger partial charge is 0.265 e. The van der Waals surface area contributed by atoms with Gasteiger partial charge in [0.15, 0.2) is 11.5 Å². The van der Waals surface area contributed by atoms with Crippen LogP contribution in [0.2, 0.25) is 15.1 Å². The number of ether oxygens (including phenoxy) is 3. The number of methoxy groups -OCH3 is 3. The van der Waals surface area contributed by atoms with Crippen LogP contribution >= 0.6 is 34.8 Å². The summed E-state index contributed by atoms with van der Waals surface area (Å²) in [6.45, 7) is 4.48. The summed E-state index contributed by atoms with van der Waals surface area (Å²) in [6.07, 6.45) is 0.0967. The van der Waals surface area contributed by atoms with Gasteiger partial charge in [-0.25, -0.2) is 8.42 Å². The number of amides is 2. The van der Waals surface area contributed by atoms with Gasteiger partial charge in [0.2, 0.25) is 11.8 Å². The predicted octanol–water partition coefficient (Wildman–Crippen LogP) is 7.42. The van der Waals surface area contributed by atoms with Crippen molar-refractivity contribution in [3.8, 4) is 17.2 Å². The highest BCUT2D eigenvalue weighted by molar-refractivity contribution is 7.92. The van der Waals surface area contributed by atoms with E-state index in [1.165, 1.54) is 62.6 Å². The van der Waals surface area contributed by atoms with E-state index in [1.807, 2.05) is 51.1 Å². The molecule has 0 fully saturated rings. The minimum Gasteiger partial charge on any atom is -0.495 e. The van der Waals surface area contributed by atoms with Gasteiger partial charge in [-0.15, -0.1) is 0 Å². The van der Waals surface area contributed by atoms with Crippen LogP contribution in [0.15, 0.2) is 89.8 Å². The van der Waals surface area contributed by atoms with Gasteiger partial charge in [-0.3, -0.25) is 13.9 Å². The number of nitrogens with zero attached hydrogens (tertiary/aromatic N) is 2. The van der Waals surface area contributed by atoms with Gasteiger partial charge in [-0.2, -0.15) is 0 Å². The Kier molecular flexibility index (Phi) is 13.1. The van der Waals surface area contributed by atoms with Gasteiger partial charge < -0.3 is 24.4 Å². The normalized spacial score (nSPS) is 12.1. The first-order valence-electron chi connectivity index (χ1n) is 15.8. The molecule has 0 aliphatic carbocycles. The lowest BCUT2D eigenvalue weighted by molar-refractivity contribution is -0.140. The lowest BCUT2D eigenvalue weighted by Crippen LogP contribution is -2.56. The third-order valence-corrected chi connectivity index (χ3v) is 10.5. The second-order valence-corrected chi connectivity index (χ2v) is 15.6. The number of benzene rings is 4. The van der Waals surface area contributed by atoms with E-state index in [1.54, 1.807) is 18.2 Å². The van der Waals surface area contributed by atoms with Crippen LogP contribution in [0, 0.1) is 0 Å². The van der Waals surface area contributed by atoms with Gasteiger partial charge in [0, 0.05) is 45.2 Å². The Morgan fingerprint density at radius 1 is 0.784 bits per heavy atom. The van der Waals surface area contributed by atoms with Gasteiger partial charge in [0.25, 0.3) is 10.0 Å². The number of sulfonamides is 1. The SMILES string of the molecule is COc1ccc(S(=O)(=O)N(CC(=O)N(Cc2c(Cl)cccc2Cl)[C@@H](Cc2ccccc2)C(=O)NC(C)(C)C)c2cc(Cl)ccc2OC)cc1OC. The molecular weight excluding hydrogens is 737 g/mol. The molecule has 4 aromatic carbocycles. The van der Waals surface area contributed by atoms with Crippen LogP contribution in [0.5, 0.6) is 17.2 Å². The molecular formula is C37H40Cl3N3O7S.